The number of hydrogen-bond donors (Lipinski definition) is 2. The highest BCUT2D eigenvalue weighted by molar-refractivity contribution is 7.88. The van der Waals surface area contributed by atoms with Crippen molar-refractivity contribution in [3.63, 3.8) is 0 Å². The summed E-state index contributed by atoms with van der Waals surface area (Å²) in [7, 11) is -3.13. The first kappa shape index (κ1) is 12.2. The van der Waals surface area contributed by atoms with Crippen molar-refractivity contribution in [2.24, 2.45) is 5.73 Å². The van der Waals surface area contributed by atoms with Crippen molar-refractivity contribution in [1.29, 1.82) is 0 Å². The van der Waals surface area contributed by atoms with Crippen molar-refractivity contribution in [1.82, 2.24) is 4.72 Å². The molecule has 6 heteroatoms. The largest absolute Gasteiger partial charge is 0.320 e. The molecule has 0 aliphatic heterocycles. The number of rotatable bonds is 3. The lowest BCUT2D eigenvalue weighted by molar-refractivity contribution is 0.588. The molecule has 0 aromatic carbocycles. The third-order valence-corrected chi connectivity index (χ3v) is 3.10. The molecule has 1 rings (SSSR count). The quantitative estimate of drug-likeness (QED) is 0.741. The Kier molecular flexibility index (Phi) is 4.29. The van der Waals surface area contributed by atoms with Crippen LogP contribution >= 0.6 is 11.3 Å². The van der Waals surface area contributed by atoms with Crippen LogP contribution in [0.25, 0.3) is 0 Å². The summed E-state index contributed by atoms with van der Waals surface area (Å²) in [5.74, 6) is 5.62. The van der Waals surface area contributed by atoms with Crippen LogP contribution in [0.2, 0.25) is 0 Å². The summed E-state index contributed by atoms with van der Waals surface area (Å²) in [6.45, 7) is 0.639. The molecule has 82 valence electrons. The highest BCUT2D eigenvalue weighted by Crippen LogP contribution is 2.13. The monoisotopic (exact) mass is 244 g/mol. The SMILES string of the molecule is CS(=O)(=O)NCc1cc(C#CCN)cs1. The Morgan fingerprint density at radius 2 is 2.33 bits per heavy atom. The second kappa shape index (κ2) is 5.28. The van der Waals surface area contributed by atoms with Crippen LogP contribution in [0.3, 0.4) is 0 Å². The summed E-state index contributed by atoms with van der Waals surface area (Å²) in [5, 5.41) is 1.88. The highest BCUT2D eigenvalue weighted by Gasteiger charge is 2.02. The van der Waals surface area contributed by atoms with E-state index in [2.05, 4.69) is 16.6 Å². The zero-order valence-corrected chi connectivity index (χ0v) is 9.91. The molecule has 1 aromatic rings. The van der Waals surface area contributed by atoms with Crippen LogP contribution in [0.1, 0.15) is 10.4 Å². The molecule has 0 fully saturated rings. The molecule has 0 aliphatic rings. The van der Waals surface area contributed by atoms with Gasteiger partial charge in [-0.15, -0.1) is 11.3 Å². The van der Waals surface area contributed by atoms with E-state index in [1.807, 2.05) is 11.4 Å². The van der Waals surface area contributed by atoms with Gasteiger partial charge >= 0.3 is 0 Å². The third-order valence-electron chi connectivity index (χ3n) is 1.50. The van der Waals surface area contributed by atoms with Gasteiger partial charge in [-0.1, -0.05) is 11.8 Å². The molecule has 0 bridgehead atoms. The fraction of sp³-hybridized carbons (Fsp3) is 0.333. The van der Waals surface area contributed by atoms with Gasteiger partial charge in [0, 0.05) is 22.4 Å². The second-order valence-corrected chi connectivity index (χ2v) is 5.73. The zero-order valence-electron chi connectivity index (χ0n) is 8.28. The maximum absolute atomic E-state index is 10.8. The van der Waals surface area contributed by atoms with E-state index in [4.69, 9.17) is 5.73 Å². The fourth-order valence-electron chi connectivity index (χ4n) is 0.894. The molecule has 15 heavy (non-hydrogen) atoms. The number of nitrogens with two attached hydrogens (primary N) is 1. The lowest BCUT2D eigenvalue weighted by atomic mass is 10.3. The lowest BCUT2D eigenvalue weighted by Crippen LogP contribution is -2.20. The minimum absolute atomic E-state index is 0.313. The molecule has 1 heterocycles. The summed E-state index contributed by atoms with van der Waals surface area (Å²) >= 11 is 1.47. The molecule has 0 radical (unpaired) electrons. The summed E-state index contributed by atoms with van der Waals surface area (Å²) in [4.78, 5) is 0.932. The number of sulfonamides is 1. The van der Waals surface area contributed by atoms with Gasteiger partial charge in [-0.05, 0) is 6.07 Å². The fourth-order valence-corrected chi connectivity index (χ4v) is 2.16. The molecule has 0 unspecified atom stereocenters. The summed E-state index contributed by atoms with van der Waals surface area (Å²) < 4.78 is 24.1. The molecule has 0 aliphatic carbocycles. The second-order valence-electron chi connectivity index (χ2n) is 2.90. The summed E-state index contributed by atoms with van der Waals surface area (Å²) in [6.07, 6.45) is 1.13. The number of nitrogens with one attached hydrogen (secondary N) is 1. The highest BCUT2D eigenvalue weighted by atomic mass is 32.2. The van der Waals surface area contributed by atoms with E-state index in [1.54, 1.807) is 0 Å². The first-order chi connectivity index (χ1) is 7.01. The standard InChI is InChI=1S/C9H12N2O2S2/c1-15(12,13)11-6-9-5-8(7-14-9)3-2-4-10/h5,7,11H,4,6,10H2,1H3. The van der Waals surface area contributed by atoms with Crippen molar-refractivity contribution in [3.05, 3.63) is 21.9 Å². The van der Waals surface area contributed by atoms with E-state index in [0.29, 0.717) is 13.1 Å². The minimum atomic E-state index is -3.13. The van der Waals surface area contributed by atoms with Crippen LogP contribution < -0.4 is 10.5 Å². The lowest BCUT2D eigenvalue weighted by Gasteiger charge is -1.97. The van der Waals surface area contributed by atoms with Gasteiger partial charge in [0.2, 0.25) is 10.0 Å². The Morgan fingerprint density at radius 3 is 2.93 bits per heavy atom. The van der Waals surface area contributed by atoms with Crippen molar-refractivity contribution in [2.45, 2.75) is 6.54 Å². The van der Waals surface area contributed by atoms with Crippen molar-refractivity contribution in [3.8, 4) is 11.8 Å². The summed E-state index contributed by atoms with van der Waals surface area (Å²) in [5.41, 5.74) is 6.11. The van der Waals surface area contributed by atoms with Gasteiger partial charge < -0.3 is 5.73 Å². The smallest absolute Gasteiger partial charge is 0.209 e. The zero-order chi connectivity index (χ0) is 11.3. The first-order valence-electron chi connectivity index (χ1n) is 4.22. The van der Waals surface area contributed by atoms with E-state index in [9.17, 15) is 8.42 Å². The van der Waals surface area contributed by atoms with E-state index in [1.165, 1.54) is 11.3 Å². The molecule has 0 saturated carbocycles. The maximum Gasteiger partial charge on any atom is 0.209 e. The average molecular weight is 244 g/mol. The minimum Gasteiger partial charge on any atom is -0.320 e. The van der Waals surface area contributed by atoms with Crippen LogP contribution in [0.5, 0.6) is 0 Å². The Morgan fingerprint density at radius 1 is 1.60 bits per heavy atom. The van der Waals surface area contributed by atoms with Crippen molar-refractivity contribution >= 4 is 21.4 Å². The summed E-state index contributed by atoms with van der Waals surface area (Å²) in [6, 6.07) is 1.85. The molecular formula is C9H12N2O2S2. The van der Waals surface area contributed by atoms with Crippen LogP contribution in [-0.2, 0) is 16.6 Å². The van der Waals surface area contributed by atoms with Crippen LogP contribution in [-0.4, -0.2) is 21.2 Å². The van der Waals surface area contributed by atoms with E-state index < -0.39 is 10.0 Å². The molecule has 0 spiro atoms. The molecular weight excluding hydrogens is 232 g/mol. The average Bonchev–Trinajstić information content (AvgIpc) is 2.58. The molecule has 4 nitrogen and oxygen atoms in total. The van der Waals surface area contributed by atoms with Gasteiger partial charge in [0.25, 0.3) is 0 Å². The molecule has 0 saturated heterocycles. The first-order valence-corrected chi connectivity index (χ1v) is 6.99. The Labute approximate surface area is 93.5 Å². The van der Waals surface area contributed by atoms with Gasteiger partial charge in [0.05, 0.1) is 12.8 Å². The maximum atomic E-state index is 10.8. The van der Waals surface area contributed by atoms with Gasteiger partial charge in [-0.25, -0.2) is 13.1 Å². The van der Waals surface area contributed by atoms with E-state index in [-0.39, 0.29) is 0 Å². The van der Waals surface area contributed by atoms with Gasteiger partial charge in [0.15, 0.2) is 0 Å². The van der Waals surface area contributed by atoms with E-state index >= 15 is 0 Å². The predicted octanol–water partition coefficient (Wildman–Crippen LogP) is 0.108. The van der Waals surface area contributed by atoms with Crippen molar-refractivity contribution in [2.75, 3.05) is 12.8 Å². The Balaban J connectivity index is 2.61. The van der Waals surface area contributed by atoms with Gasteiger partial charge in [0.1, 0.15) is 0 Å². The van der Waals surface area contributed by atoms with Gasteiger partial charge in [-0.3, -0.25) is 0 Å². The topological polar surface area (TPSA) is 72.2 Å². The Hall–Kier alpha value is -0.870. The van der Waals surface area contributed by atoms with Crippen LogP contribution in [0.4, 0.5) is 0 Å². The third kappa shape index (κ3) is 4.95. The number of hydrogen-bond acceptors (Lipinski definition) is 4. The van der Waals surface area contributed by atoms with Crippen molar-refractivity contribution < 1.29 is 8.42 Å². The molecule has 1 aromatic heterocycles. The molecule has 0 atom stereocenters. The van der Waals surface area contributed by atoms with Gasteiger partial charge in [-0.2, -0.15) is 0 Å². The normalized spacial score (nSPS) is 10.8. The van der Waals surface area contributed by atoms with E-state index in [0.717, 1.165) is 16.7 Å². The van der Waals surface area contributed by atoms with Crippen LogP contribution in [0, 0.1) is 11.8 Å². The van der Waals surface area contributed by atoms with Crippen LogP contribution in [0.15, 0.2) is 11.4 Å². The molecule has 0 amide bonds. The Bertz CT molecular complexity index is 480. The molecule has 3 N–H and O–H groups in total. The predicted molar refractivity (Wildman–Crippen MR) is 61.9 cm³/mol. The number of thiophene rings is 1.